The lowest BCUT2D eigenvalue weighted by atomic mass is 9.97. The zero-order valence-electron chi connectivity index (χ0n) is 10.6. The molecule has 2 N–H and O–H groups in total. The van der Waals surface area contributed by atoms with Crippen LogP contribution >= 0.6 is 11.6 Å². The summed E-state index contributed by atoms with van der Waals surface area (Å²) in [4.78, 5) is 15.0. The predicted octanol–water partition coefficient (Wildman–Crippen LogP) is 1.85. The SMILES string of the molecule is NCC1CCN(c2nc(Cl)nc3ncccc23)CC1. The Morgan fingerprint density at radius 3 is 2.84 bits per heavy atom. The van der Waals surface area contributed by atoms with Gasteiger partial charge in [-0.25, -0.2) is 4.98 Å². The minimum Gasteiger partial charge on any atom is -0.356 e. The fraction of sp³-hybridized carbons (Fsp3) is 0.462. The zero-order chi connectivity index (χ0) is 13.2. The van der Waals surface area contributed by atoms with E-state index in [0.29, 0.717) is 11.6 Å². The second kappa shape index (κ2) is 5.27. The van der Waals surface area contributed by atoms with Crippen molar-refractivity contribution in [3.8, 4) is 0 Å². The Morgan fingerprint density at radius 1 is 1.32 bits per heavy atom. The van der Waals surface area contributed by atoms with E-state index >= 15 is 0 Å². The lowest BCUT2D eigenvalue weighted by molar-refractivity contribution is 0.413. The van der Waals surface area contributed by atoms with Crippen molar-refractivity contribution in [1.82, 2.24) is 15.0 Å². The summed E-state index contributed by atoms with van der Waals surface area (Å²) in [6.07, 6.45) is 3.91. The normalized spacial score (nSPS) is 17.1. The Bertz CT molecular complexity index is 580. The molecule has 19 heavy (non-hydrogen) atoms. The third kappa shape index (κ3) is 2.48. The van der Waals surface area contributed by atoms with Gasteiger partial charge in [-0.1, -0.05) is 0 Å². The molecule has 6 heteroatoms. The number of hydrogen-bond acceptors (Lipinski definition) is 5. The Morgan fingerprint density at radius 2 is 2.11 bits per heavy atom. The van der Waals surface area contributed by atoms with Crippen molar-refractivity contribution in [3.63, 3.8) is 0 Å². The van der Waals surface area contributed by atoms with E-state index in [0.717, 1.165) is 43.7 Å². The summed E-state index contributed by atoms with van der Waals surface area (Å²) in [6, 6.07) is 3.89. The molecule has 3 heterocycles. The van der Waals surface area contributed by atoms with E-state index < -0.39 is 0 Å². The lowest BCUT2D eigenvalue weighted by Crippen LogP contribution is -2.36. The van der Waals surface area contributed by atoms with Crippen LogP contribution in [0.25, 0.3) is 11.0 Å². The Hall–Kier alpha value is -1.46. The summed E-state index contributed by atoms with van der Waals surface area (Å²) in [7, 11) is 0. The Kier molecular flexibility index (Phi) is 3.48. The quantitative estimate of drug-likeness (QED) is 0.849. The van der Waals surface area contributed by atoms with Crippen LogP contribution in [0.1, 0.15) is 12.8 Å². The zero-order valence-corrected chi connectivity index (χ0v) is 11.3. The maximum Gasteiger partial charge on any atom is 0.226 e. The number of halogens is 1. The summed E-state index contributed by atoms with van der Waals surface area (Å²) in [5.41, 5.74) is 6.38. The largest absolute Gasteiger partial charge is 0.356 e. The molecule has 1 fully saturated rings. The van der Waals surface area contributed by atoms with E-state index in [1.807, 2.05) is 12.1 Å². The number of pyridine rings is 1. The van der Waals surface area contributed by atoms with Gasteiger partial charge in [0, 0.05) is 19.3 Å². The van der Waals surface area contributed by atoms with Crippen molar-refractivity contribution < 1.29 is 0 Å². The highest BCUT2D eigenvalue weighted by Crippen LogP contribution is 2.27. The average molecular weight is 278 g/mol. The molecule has 0 aliphatic carbocycles. The molecule has 1 aliphatic heterocycles. The molecule has 0 amide bonds. The van der Waals surface area contributed by atoms with Crippen molar-refractivity contribution in [3.05, 3.63) is 23.6 Å². The van der Waals surface area contributed by atoms with Gasteiger partial charge in [0.2, 0.25) is 5.28 Å². The molecule has 0 atom stereocenters. The first-order valence-corrected chi connectivity index (χ1v) is 6.89. The molecule has 2 aromatic rings. The third-order valence-electron chi connectivity index (χ3n) is 3.67. The van der Waals surface area contributed by atoms with Crippen LogP contribution in [0.3, 0.4) is 0 Å². The number of anilines is 1. The molecular formula is C13H16ClN5. The van der Waals surface area contributed by atoms with Gasteiger partial charge in [-0.15, -0.1) is 0 Å². The van der Waals surface area contributed by atoms with E-state index in [-0.39, 0.29) is 5.28 Å². The molecule has 0 saturated carbocycles. The number of piperidine rings is 1. The number of fused-ring (bicyclic) bond motifs is 1. The molecule has 0 aromatic carbocycles. The second-order valence-electron chi connectivity index (χ2n) is 4.86. The van der Waals surface area contributed by atoms with Crippen LogP contribution < -0.4 is 10.6 Å². The second-order valence-corrected chi connectivity index (χ2v) is 5.20. The minimum atomic E-state index is 0.252. The molecule has 1 aliphatic rings. The lowest BCUT2D eigenvalue weighted by Gasteiger charge is -2.32. The van der Waals surface area contributed by atoms with Crippen LogP contribution in [0.2, 0.25) is 5.28 Å². The number of nitrogens with two attached hydrogens (primary N) is 1. The number of hydrogen-bond donors (Lipinski definition) is 1. The molecular weight excluding hydrogens is 262 g/mol. The van der Waals surface area contributed by atoms with Crippen molar-refractivity contribution >= 4 is 28.5 Å². The van der Waals surface area contributed by atoms with Gasteiger partial charge in [0.1, 0.15) is 5.82 Å². The van der Waals surface area contributed by atoms with E-state index in [4.69, 9.17) is 17.3 Å². The number of aromatic nitrogens is 3. The molecule has 0 radical (unpaired) electrons. The van der Waals surface area contributed by atoms with Crippen LogP contribution in [0.15, 0.2) is 18.3 Å². The Labute approximate surface area is 116 Å². The molecule has 2 aromatic heterocycles. The van der Waals surface area contributed by atoms with Crippen LogP contribution in [0, 0.1) is 5.92 Å². The van der Waals surface area contributed by atoms with Gasteiger partial charge in [0.25, 0.3) is 0 Å². The Balaban J connectivity index is 1.96. The van der Waals surface area contributed by atoms with Crippen molar-refractivity contribution in [2.24, 2.45) is 11.7 Å². The predicted molar refractivity (Wildman–Crippen MR) is 76.3 cm³/mol. The van der Waals surface area contributed by atoms with Gasteiger partial charge in [-0.2, -0.15) is 9.97 Å². The molecule has 3 rings (SSSR count). The monoisotopic (exact) mass is 277 g/mol. The highest BCUT2D eigenvalue weighted by atomic mass is 35.5. The van der Waals surface area contributed by atoms with Gasteiger partial charge in [-0.05, 0) is 49.0 Å². The summed E-state index contributed by atoms with van der Waals surface area (Å²) in [5.74, 6) is 1.51. The third-order valence-corrected chi connectivity index (χ3v) is 3.84. The maximum atomic E-state index is 5.99. The van der Waals surface area contributed by atoms with Crippen molar-refractivity contribution in [1.29, 1.82) is 0 Å². The summed E-state index contributed by atoms with van der Waals surface area (Å²) < 4.78 is 0. The summed E-state index contributed by atoms with van der Waals surface area (Å²) in [5, 5.41) is 1.21. The van der Waals surface area contributed by atoms with Crippen LogP contribution in [0.4, 0.5) is 5.82 Å². The van der Waals surface area contributed by atoms with Gasteiger partial charge in [-0.3, -0.25) is 0 Å². The molecule has 0 spiro atoms. The minimum absolute atomic E-state index is 0.252. The van der Waals surface area contributed by atoms with E-state index in [2.05, 4.69) is 19.9 Å². The molecule has 100 valence electrons. The van der Waals surface area contributed by atoms with Crippen molar-refractivity contribution in [2.75, 3.05) is 24.5 Å². The average Bonchev–Trinajstić information content (AvgIpc) is 2.46. The first-order chi connectivity index (χ1) is 9.28. The number of rotatable bonds is 2. The number of nitrogens with zero attached hydrogens (tertiary/aromatic N) is 4. The highest BCUT2D eigenvalue weighted by Gasteiger charge is 2.21. The first kappa shape index (κ1) is 12.6. The van der Waals surface area contributed by atoms with Gasteiger partial charge in [0.15, 0.2) is 5.65 Å². The van der Waals surface area contributed by atoms with Crippen LogP contribution in [-0.4, -0.2) is 34.6 Å². The van der Waals surface area contributed by atoms with Crippen molar-refractivity contribution in [2.45, 2.75) is 12.8 Å². The summed E-state index contributed by atoms with van der Waals surface area (Å²) >= 11 is 5.99. The fourth-order valence-corrected chi connectivity index (χ4v) is 2.70. The standard InChI is InChI=1S/C13H16ClN5/c14-13-17-11-10(2-1-5-16-11)12(18-13)19-6-3-9(8-15)4-7-19/h1-2,5,9H,3-4,6-8,15H2. The van der Waals surface area contributed by atoms with E-state index in [9.17, 15) is 0 Å². The molecule has 5 nitrogen and oxygen atoms in total. The first-order valence-electron chi connectivity index (χ1n) is 6.51. The van der Waals surface area contributed by atoms with Gasteiger partial charge < -0.3 is 10.6 Å². The summed E-state index contributed by atoms with van der Waals surface area (Å²) in [6.45, 7) is 2.68. The molecule has 0 bridgehead atoms. The van der Waals surface area contributed by atoms with Crippen LogP contribution in [0.5, 0.6) is 0 Å². The smallest absolute Gasteiger partial charge is 0.226 e. The van der Waals surface area contributed by atoms with E-state index in [1.54, 1.807) is 6.20 Å². The van der Waals surface area contributed by atoms with Gasteiger partial charge in [0.05, 0.1) is 5.39 Å². The molecule has 1 saturated heterocycles. The van der Waals surface area contributed by atoms with Crippen LogP contribution in [-0.2, 0) is 0 Å². The maximum absolute atomic E-state index is 5.99. The fourth-order valence-electron chi connectivity index (χ4n) is 2.54. The molecule has 0 unspecified atom stereocenters. The van der Waals surface area contributed by atoms with Gasteiger partial charge >= 0.3 is 0 Å². The highest BCUT2D eigenvalue weighted by molar-refractivity contribution is 6.28. The topological polar surface area (TPSA) is 67.9 Å². The van der Waals surface area contributed by atoms with E-state index in [1.165, 1.54) is 0 Å².